The zero-order valence-electron chi connectivity index (χ0n) is 16.3. The second-order valence-electron chi connectivity index (χ2n) is 7.20. The van der Waals surface area contributed by atoms with Gasteiger partial charge in [0.2, 0.25) is 0 Å². The first kappa shape index (κ1) is 18.5. The Kier molecular flexibility index (Phi) is 5.96. The molecule has 142 valence electrons. The zero-order chi connectivity index (χ0) is 18.5. The largest absolute Gasteiger partial charge is 0.469 e. The molecule has 2 aromatic heterocycles. The quantitative estimate of drug-likeness (QED) is 0.657. The molecule has 2 aromatic rings. The van der Waals surface area contributed by atoms with Crippen LogP contribution in [0.15, 0.2) is 21.7 Å². The topological polar surface area (TPSA) is 71.5 Å². The van der Waals surface area contributed by atoms with Crippen LogP contribution in [0.5, 0.6) is 0 Å². The summed E-state index contributed by atoms with van der Waals surface area (Å²) in [7, 11) is 4.05. The van der Waals surface area contributed by atoms with E-state index in [1.807, 2.05) is 31.5 Å². The second-order valence-corrected chi connectivity index (χ2v) is 7.20. The Labute approximate surface area is 155 Å². The molecular weight excluding hydrogens is 328 g/mol. The molecule has 1 N–H and O–H groups in total. The number of hydrogen-bond donors (Lipinski definition) is 1. The first-order valence-corrected chi connectivity index (χ1v) is 9.44. The number of furan rings is 1. The maximum absolute atomic E-state index is 5.43. The van der Waals surface area contributed by atoms with Crippen LogP contribution in [0.4, 0.5) is 0 Å². The van der Waals surface area contributed by atoms with Gasteiger partial charge in [0.25, 0.3) is 0 Å². The fourth-order valence-electron chi connectivity index (χ4n) is 3.35. The molecule has 1 saturated carbocycles. The average Bonchev–Trinajstić information content (AvgIpc) is 3.19. The Morgan fingerprint density at radius 2 is 2.08 bits per heavy atom. The van der Waals surface area contributed by atoms with Gasteiger partial charge in [-0.3, -0.25) is 0 Å². The lowest BCUT2D eigenvalue weighted by molar-refractivity contribution is 0.385. The van der Waals surface area contributed by atoms with Crippen LogP contribution in [-0.2, 0) is 20.1 Å². The van der Waals surface area contributed by atoms with Gasteiger partial charge in [-0.05, 0) is 32.8 Å². The van der Waals surface area contributed by atoms with Crippen LogP contribution in [0.2, 0.25) is 0 Å². The number of aromatic nitrogens is 3. The molecular formula is C19H30N6O. The Morgan fingerprint density at radius 1 is 1.31 bits per heavy atom. The molecule has 0 saturated heterocycles. The van der Waals surface area contributed by atoms with Gasteiger partial charge in [0, 0.05) is 32.2 Å². The van der Waals surface area contributed by atoms with E-state index in [2.05, 4.69) is 27.5 Å². The number of nitrogens with zero attached hydrogens (tertiary/aromatic N) is 5. The SMILES string of the molecule is Cc1occc1CN(C)C(=NCc1nnc(C)n1C)NC1CCCCC1. The third kappa shape index (κ3) is 4.45. The molecule has 0 atom stereocenters. The number of hydrogen-bond acceptors (Lipinski definition) is 4. The molecule has 1 fully saturated rings. The van der Waals surface area contributed by atoms with Crippen LogP contribution in [0.3, 0.4) is 0 Å². The van der Waals surface area contributed by atoms with Crippen molar-refractivity contribution in [1.29, 1.82) is 0 Å². The van der Waals surface area contributed by atoms with Crippen molar-refractivity contribution in [3.05, 3.63) is 35.3 Å². The maximum Gasteiger partial charge on any atom is 0.194 e. The summed E-state index contributed by atoms with van der Waals surface area (Å²) in [5, 5.41) is 12.0. The molecule has 0 aliphatic heterocycles. The first-order valence-electron chi connectivity index (χ1n) is 9.44. The monoisotopic (exact) mass is 358 g/mol. The van der Waals surface area contributed by atoms with Gasteiger partial charge in [0.05, 0.1) is 6.26 Å². The molecule has 0 amide bonds. The Hall–Kier alpha value is -2.31. The van der Waals surface area contributed by atoms with Gasteiger partial charge in [-0.2, -0.15) is 0 Å². The van der Waals surface area contributed by atoms with E-state index in [0.29, 0.717) is 12.6 Å². The maximum atomic E-state index is 5.43. The predicted molar refractivity (Wildman–Crippen MR) is 102 cm³/mol. The molecule has 0 unspecified atom stereocenters. The van der Waals surface area contributed by atoms with Gasteiger partial charge in [-0.25, -0.2) is 4.99 Å². The van der Waals surface area contributed by atoms with E-state index in [9.17, 15) is 0 Å². The van der Waals surface area contributed by atoms with Crippen molar-refractivity contribution in [2.45, 2.75) is 65.1 Å². The van der Waals surface area contributed by atoms with Gasteiger partial charge >= 0.3 is 0 Å². The fraction of sp³-hybridized carbons (Fsp3) is 0.632. The van der Waals surface area contributed by atoms with E-state index < -0.39 is 0 Å². The van der Waals surface area contributed by atoms with Crippen molar-refractivity contribution in [1.82, 2.24) is 25.0 Å². The van der Waals surface area contributed by atoms with Gasteiger partial charge in [-0.1, -0.05) is 19.3 Å². The van der Waals surface area contributed by atoms with Crippen molar-refractivity contribution in [2.75, 3.05) is 7.05 Å². The summed E-state index contributed by atoms with van der Waals surface area (Å²) in [6, 6.07) is 2.52. The minimum Gasteiger partial charge on any atom is -0.469 e. The number of rotatable bonds is 5. The molecule has 1 aliphatic carbocycles. The van der Waals surface area contributed by atoms with E-state index in [4.69, 9.17) is 9.41 Å². The van der Waals surface area contributed by atoms with E-state index >= 15 is 0 Å². The molecule has 0 radical (unpaired) electrons. The van der Waals surface area contributed by atoms with Gasteiger partial charge in [0.15, 0.2) is 11.8 Å². The normalized spacial score (nSPS) is 16.1. The summed E-state index contributed by atoms with van der Waals surface area (Å²) in [5.74, 6) is 3.65. The Balaban J connectivity index is 1.74. The van der Waals surface area contributed by atoms with Gasteiger partial charge in [-0.15, -0.1) is 10.2 Å². The Bertz CT molecular complexity index is 741. The molecule has 0 bridgehead atoms. The van der Waals surface area contributed by atoms with Crippen molar-refractivity contribution in [3.8, 4) is 0 Å². The molecule has 7 heteroatoms. The van der Waals surface area contributed by atoms with Gasteiger partial charge < -0.3 is 19.2 Å². The highest BCUT2D eigenvalue weighted by molar-refractivity contribution is 5.80. The molecule has 1 aliphatic rings. The highest BCUT2D eigenvalue weighted by Gasteiger charge is 2.18. The minimum absolute atomic E-state index is 0.497. The average molecular weight is 358 g/mol. The van der Waals surface area contributed by atoms with Crippen LogP contribution in [-0.4, -0.2) is 38.7 Å². The molecule has 26 heavy (non-hydrogen) atoms. The lowest BCUT2D eigenvalue weighted by Crippen LogP contribution is -2.45. The van der Waals surface area contributed by atoms with Crippen molar-refractivity contribution in [3.63, 3.8) is 0 Å². The van der Waals surface area contributed by atoms with Gasteiger partial charge in [0.1, 0.15) is 18.1 Å². The van der Waals surface area contributed by atoms with Crippen molar-refractivity contribution < 1.29 is 4.42 Å². The molecule has 0 spiro atoms. The smallest absolute Gasteiger partial charge is 0.194 e. The summed E-state index contributed by atoms with van der Waals surface area (Å²) >= 11 is 0. The highest BCUT2D eigenvalue weighted by Crippen LogP contribution is 2.18. The number of nitrogens with one attached hydrogen (secondary N) is 1. The van der Waals surface area contributed by atoms with Crippen molar-refractivity contribution in [2.24, 2.45) is 12.0 Å². The lowest BCUT2D eigenvalue weighted by Gasteiger charge is -2.29. The number of guanidine groups is 1. The summed E-state index contributed by atoms with van der Waals surface area (Å²) < 4.78 is 7.42. The van der Waals surface area contributed by atoms with Crippen LogP contribution >= 0.6 is 0 Å². The summed E-state index contributed by atoms with van der Waals surface area (Å²) in [6.45, 7) is 5.23. The highest BCUT2D eigenvalue weighted by atomic mass is 16.3. The summed E-state index contributed by atoms with van der Waals surface area (Å²) in [5.41, 5.74) is 1.18. The second kappa shape index (κ2) is 8.38. The van der Waals surface area contributed by atoms with Crippen LogP contribution in [0.25, 0.3) is 0 Å². The molecule has 2 heterocycles. The minimum atomic E-state index is 0.497. The third-order valence-electron chi connectivity index (χ3n) is 5.23. The van der Waals surface area contributed by atoms with Crippen LogP contribution in [0, 0.1) is 13.8 Å². The summed E-state index contributed by atoms with van der Waals surface area (Å²) in [4.78, 5) is 7.01. The molecule has 0 aromatic carbocycles. The lowest BCUT2D eigenvalue weighted by atomic mass is 9.96. The standard InChI is InChI=1S/C19H30N6O/c1-14-16(10-11-26-14)13-24(3)19(21-17-8-6-5-7-9-17)20-12-18-23-22-15(2)25(18)4/h10-11,17H,5-9,12-13H2,1-4H3,(H,20,21). The fourth-order valence-corrected chi connectivity index (χ4v) is 3.35. The van der Waals surface area contributed by atoms with E-state index in [1.165, 1.54) is 37.7 Å². The first-order chi connectivity index (χ1) is 12.5. The Morgan fingerprint density at radius 3 is 2.69 bits per heavy atom. The summed E-state index contributed by atoms with van der Waals surface area (Å²) in [6.07, 6.45) is 8.08. The number of aryl methyl sites for hydroxylation is 2. The molecule has 7 nitrogen and oxygen atoms in total. The predicted octanol–water partition coefficient (Wildman–Crippen LogP) is 2.94. The van der Waals surface area contributed by atoms with E-state index in [-0.39, 0.29) is 0 Å². The van der Waals surface area contributed by atoms with Crippen LogP contribution in [0.1, 0.15) is 55.1 Å². The zero-order valence-corrected chi connectivity index (χ0v) is 16.3. The van der Waals surface area contributed by atoms with Crippen LogP contribution < -0.4 is 5.32 Å². The van der Waals surface area contributed by atoms with Crippen molar-refractivity contribution >= 4 is 5.96 Å². The van der Waals surface area contributed by atoms with E-state index in [0.717, 1.165) is 29.9 Å². The third-order valence-corrected chi connectivity index (χ3v) is 5.23. The van der Waals surface area contributed by atoms with E-state index in [1.54, 1.807) is 6.26 Å². The number of aliphatic imine (C=N–C) groups is 1. The molecule has 3 rings (SSSR count).